The molecular formula is C22H19N3O5S. The molecule has 6 rings (SSSR count). The number of pyridine rings is 2. The van der Waals surface area contributed by atoms with Gasteiger partial charge in [0.05, 0.1) is 44.7 Å². The van der Waals surface area contributed by atoms with Crippen LogP contribution in [0.1, 0.15) is 35.6 Å². The quantitative estimate of drug-likeness (QED) is 0.340. The summed E-state index contributed by atoms with van der Waals surface area (Å²) < 4.78 is 19.4. The van der Waals surface area contributed by atoms with Gasteiger partial charge in [-0.25, -0.2) is 9.78 Å². The van der Waals surface area contributed by atoms with Gasteiger partial charge < -0.3 is 20.1 Å². The number of cyclic esters (lactones) is 1. The highest BCUT2D eigenvalue weighted by atomic mass is 32.2. The van der Waals surface area contributed by atoms with E-state index in [0.717, 1.165) is 16.5 Å². The number of carbonyl (C=O) groups excluding carboxylic acids is 1. The van der Waals surface area contributed by atoms with Gasteiger partial charge in [-0.05, 0) is 36.6 Å². The molecule has 3 aromatic rings. The van der Waals surface area contributed by atoms with Crippen LogP contribution in [0.3, 0.4) is 0 Å². The summed E-state index contributed by atoms with van der Waals surface area (Å²) in [5.74, 6) is -0.277. The standard InChI is InChI=1S/C22H19N3O5S/c1-2-22(28)13-7-16-18-11(8-25(16)20(26)12(13)9-30-21(22)27)10-5-6-31(29)19-14(23)3-4-15(24-18)17(10)19/h3-4,7,28H,2,5-6,8-9,23H2,1H3/t22-,31+/m0/s1. The molecule has 0 saturated carbocycles. The molecular weight excluding hydrogens is 418 g/mol. The van der Waals surface area contributed by atoms with E-state index in [9.17, 15) is 18.9 Å². The summed E-state index contributed by atoms with van der Waals surface area (Å²) in [4.78, 5) is 31.1. The van der Waals surface area contributed by atoms with E-state index in [0.29, 0.717) is 57.3 Å². The van der Waals surface area contributed by atoms with E-state index in [1.807, 2.05) is 0 Å². The number of ether oxygens (including phenoxy) is 1. The van der Waals surface area contributed by atoms with Crippen LogP contribution in [-0.4, -0.2) is 30.6 Å². The number of aliphatic hydroxyl groups is 1. The van der Waals surface area contributed by atoms with Crippen molar-refractivity contribution >= 4 is 33.4 Å². The topological polar surface area (TPSA) is 125 Å². The minimum absolute atomic E-state index is 0.0967. The van der Waals surface area contributed by atoms with Crippen molar-refractivity contribution in [3.8, 4) is 11.4 Å². The number of nitrogens with zero attached hydrogens (tertiary/aromatic N) is 2. The Hall–Kier alpha value is -3.04. The van der Waals surface area contributed by atoms with Crippen LogP contribution in [-0.2, 0) is 45.5 Å². The highest BCUT2D eigenvalue weighted by Gasteiger charge is 2.45. The summed E-state index contributed by atoms with van der Waals surface area (Å²) >= 11 is 0. The summed E-state index contributed by atoms with van der Waals surface area (Å²) in [5, 5.41) is 11.8. The predicted octanol–water partition coefficient (Wildman–Crippen LogP) is 1.33. The highest BCUT2D eigenvalue weighted by Crippen LogP contribution is 2.43. The molecule has 0 aliphatic carbocycles. The fourth-order valence-corrected chi connectivity index (χ4v) is 6.45. The zero-order chi connectivity index (χ0) is 21.7. The third-order valence-corrected chi connectivity index (χ3v) is 8.19. The van der Waals surface area contributed by atoms with Crippen LogP contribution < -0.4 is 11.3 Å². The first-order valence-electron chi connectivity index (χ1n) is 10.1. The Morgan fingerprint density at radius 3 is 2.87 bits per heavy atom. The third-order valence-electron chi connectivity index (χ3n) is 6.72. The molecule has 2 aromatic heterocycles. The lowest BCUT2D eigenvalue weighted by molar-refractivity contribution is -0.172. The molecule has 158 valence electrons. The number of benzene rings is 1. The van der Waals surface area contributed by atoms with Crippen LogP contribution in [0.25, 0.3) is 22.3 Å². The molecule has 9 heteroatoms. The van der Waals surface area contributed by atoms with Gasteiger partial charge in [0.15, 0.2) is 5.60 Å². The summed E-state index contributed by atoms with van der Waals surface area (Å²) in [5.41, 5.74) is 8.89. The first-order chi connectivity index (χ1) is 14.8. The van der Waals surface area contributed by atoms with E-state index < -0.39 is 22.4 Å². The van der Waals surface area contributed by atoms with Crippen LogP contribution in [0, 0.1) is 0 Å². The molecule has 0 bridgehead atoms. The van der Waals surface area contributed by atoms with E-state index in [2.05, 4.69) is 0 Å². The van der Waals surface area contributed by atoms with Crippen LogP contribution in [0.4, 0.5) is 5.69 Å². The zero-order valence-corrected chi connectivity index (χ0v) is 17.5. The number of carbonyl (C=O) groups is 1. The van der Waals surface area contributed by atoms with Crippen molar-refractivity contribution in [1.82, 2.24) is 9.55 Å². The van der Waals surface area contributed by atoms with Crippen molar-refractivity contribution in [2.45, 2.75) is 43.4 Å². The van der Waals surface area contributed by atoms with Crippen molar-refractivity contribution < 1.29 is 18.8 Å². The van der Waals surface area contributed by atoms with Gasteiger partial charge in [0.2, 0.25) is 0 Å². The molecule has 0 radical (unpaired) electrons. The Morgan fingerprint density at radius 1 is 1.29 bits per heavy atom. The lowest BCUT2D eigenvalue weighted by Crippen LogP contribution is -2.44. The largest absolute Gasteiger partial charge is 0.458 e. The van der Waals surface area contributed by atoms with Gasteiger partial charge in [0.1, 0.15) is 6.61 Å². The van der Waals surface area contributed by atoms with Crippen molar-refractivity contribution in [1.29, 1.82) is 0 Å². The number of fused-ring (bicyclic) bond motifs is 5. The van der Waals surface area contributed by atoms with Crippen LogP contribution in [0.5, 0.6) is 0 Å². The number of nitrogens with two attached hydrogens (primary N) is 1. The van der Waals surface area contributed by atoms with Gasteiger partial charge in [0, 0.05) is 28.0 Å². The number of hydrogen-bond acceptors (Lipinski definition) is 7. The Labute approximate surface area is 179 Å². The van der Waals surface area contributed by atoms with Gasteiger partial charge in [-0.2, -0.15) is 0 Å². The van der Waals surface area contributed by atoms with Crippen molar-refractivity contribution in [3.05, 3.63) is 50.8 Å². The van der Waals surface area contributed by atoms with E-state index in [-0.39, 0.29) is 18.6 Å². The number of aromatic nitrogens is 2. The van der Waals surface area contributed by atoms with Crippen LogP contribution in [0.15, 0.2) is 27.9 Å². The van der Waals surface area contributed by atoms with Gasteiger partial charge in [-0.1, -0.05) is 6.92 Å². The second-order valence-corrected chi connectivity index (χ2v) is 9.71. The lowest BCUT2D eigenvalue weighted by Gasteiger charge is -2.31. The molecule has 0 fully saturated rings. The zero-order valence-electron chi connectivity index (χ0n) is 16.7. The highest BCUT2D eigenvalue weighted by molar-refractivity contribution is 7.85. The average Bonchev–Trinajstić information content (AvgIpc) is 3.13. The number of hydrogen-bond donors (Lipinski definition) is 2. The molecule has 3 aliphatic heterocycles. The summed E-state index contributed by atoms with van der Waals surface area (Å²) in [6.07, 6.45) is 0.701. The maximum Gasteiger partial charge on any atom is 0.343 e. The van der Waals surface area contributed by atoms with Gasteiger partial charge >= 0.3 is 5.97 Å². The molecule has 0 unspecified atom stereocenters. The predicted molar refractivity (Wildman–Crippen MR) is 114 cm³/mol. The fourth-order valence-electron chi connectivity index (χ4n) is 5.07. The van der Waals surface area contributed by atoms with Gasteiger partial charge in [0.25, 0.3) is 5.56 Å². The van der Waals surface area contributed by atoms with E-state index in [4.69, 9.17) is 15.5 Å². The molecule has 3 N–H and O–H groups in total. The smallest absolute Gasteiger partial charge is 0.343 e. The molecule has 1 aromatic carbocycles. The minimum atomic E-state index is -1.85. The number of nitrogen functional groups attached to an aromatic ring is 1. The second-order valence-electron chi connectivity index (χ2n) is 8.20. The number of esters is 1. The molecule has 8 nitrogen and oxygen atoms in total. The van der Waals surface area contributed by atoms with Crippen molar-refractivity contribution in [3.63, 3.8) is 0 Å². The van der Waals surface area contributed by atoms with E-state index in [1.165, 1.54) is 0 Å². The normalized spacial score (nSPS) is 23.3. The maximum absolute atomic E-state index is 13.3. The van der Waals surface area contributed by atoms with E-state index >= 15 is 0 Å². The third kappa shape index (κ3) is 2.22. The summed E-state index contributed by atoms with van der Waals surface area (Å²) in [6, 6.07) is 5.22. The Balaban J connectivity index is 1.68. The molecule has 3 aliphatic rings. The first-order valence-corrected chi connectivity index (χ1v) is 11.5. The Bertz CT molecular complexity index is 1440. The molecule has 5 heterocycles. The van der Waals surface area contributed by atoms with Gasteiger partial charge in [-0.15, -0.1) is 0 Å². The van der Waals surface area contributed by atoms with E-state index in [1.54, 1.807) is 29.7 Å². The monoisotopic (exact) mass is 437 g/mol. The maximum atomic E-state index is 13.3. The number of anilines is 1. The van der Waals surface area contributed by atoms with Gasteiger partial charge in [-0.3, -0.25) is 9.00 Å². The summed E-state index contributed by atoms with van der Waals surface area (Å²) in [6.45, 7) is 1.85. The number of rotatable bonds is 1. The molecule has 31 heavy (non-hydrogen) atoms. The SMILES string of the molecule is CC[C@@]1(O)C(=O)OCc2c1cc1n(c2=O)Cc2c-1nc1ccc(N)c3c1c2CC[S@]3=O. The minimum Gasteiger partial charge on any atom is -0.458 e. The lowest BCUT2D eigenvalue weighted by atomic mass is 9.86. The number of aryl methyl sites for hydroxylation is 1. The molecule has 0 spiro atoms. The van der Waals surface area contributed by atoms with Crippen molar-refractivity contribution in [2.24, 2.45) is 0 Å². The Kier molecular flexibility index (Phi) is 3.63. The first kappa shape index (κ1) is 18.7. The average molecular weight is 437 g/mol. The second kappa shape index (κ2) is 6.02. The van der Waals surface area contributed by atoms with Crippen LogP contribution >= 0.6 is 0 Å². The fraction of sp³-hybridized carbons (Fsp3) is 0.318. The molecule has 0 saturated heterocycles. The summed E-state index contributed by atoms with van der Waals surface area (Å²) in [7, 11) is -1.19. The molecule has 0 amide bonds. The molecule has 2 atom stereocenters. The Morgan fingerprint density at radius 2 is 2.10 bits per heavy atom. The van der Waals surface area contributed by atoms with Crippen molar-refractivity contribution in [2.75, 3.05) is 11.5 Å². The van der Waals surface area contributed by atoms with Crippen LogP contribution in [0.2, 0.25) is 0 Å².